The van der Waals surface area contributed by atoms with Crippen molar-refractivity contribution in [1.29, 1.82) is 0 Å². The summed E-state index contributed by atoms with van der Waals surface area (Å²) in [4.78, 5) is 3.73. The van der Waals surface area contributed by atoms with E-state index < -0.39 is 0 Å². The van der Waals surface area contributed by atoms with Crippen molar-refractivity contribution in [2.75, 3.05) is 27.4 Å². The number of nitrogens with zero attached hydrogens (tertiary/aromatic N) is 4. The molecular formula is C23H27ClN4O3S. The molecule has 7 nitrogen and oxygen atoms in total. The average Bonchev–Trinajstić information content (AvgIpc) is 3.41. The standard InChI is InChI=1S/C23H27ClN4O3S/c1-27-14-18(25-26-27)19-12-23(22-15(6-9-31-23)10-21(24)32-22)7-8-28(19)13-16-4-5-17(29-2)11-20(16)30-3/h4-5,10-11,14,19H,6-9,12-13H2,1-3H3. The number of benzene rings is 1. The molecule has 2 unspecified atom stereocenters. The number of thiophene rings is 1. The molecule has 0 radical (unpaired) electrons. The average molecular weight is 475 g/mol. The maximum absolute atomic E-state index is 6.51. The van der Waals surface area contributed by atoms with Gasteiger partial charge in [-0.1, -0.05) is 22.9 Å². The van der Waals surface area contributed by atoms with Crippen LogP contribution in [-0.2, 0) is 30.4 Å². The van der Waals surface area contributed by atoms with Gasteiger partial charge in [0.2, 0.25) is 0 Å². The monoisotopic (exact) mass is 474 g/mol. The molecule has 2 aliphatic heterocycles. The molecular weight excluding hydrogens is 448 g/mol. The Morgan fingerprint density at radius 1 is 1.28 bits per heavy atom. The highest BCUT2D eigenvalue weighted by Crippen LogP contribution is 2.51. The van der Waals surface area contributed by atoms with E-state index in [9.17, 15) is 0 Å². The molecule has 1 spiro atoms. The maximum Gasteiger partial charge on any atom is 0.127 e. The number of piperidine rings is 1. The summed E-state index contributed by atoms with van der Waals surface area (Å²) < 4.78 is 20.1. The zero-order valence-electron chi connectivity index (χ0n) is 18.5. The van der Waals surface area contributed by atoms with E-state index in [1.54, 1.807) is 30.2 Å². The second kappa shape index (κ2) is 8.67. The van der Waals surface area contributed by atoms with Crippen LogP contribution in [-0.4, -0.2) is 47.3 Å². The third-order valence-corrected chi connectivity index (χ3v) is 8.03. The third-order valence-electron chi connectivity index (χ3n) is 6.54. The van der Waals surface area contributed by atoms with Crippen molar-refractivity contribution in [1.82, 2.24) is 19.9 Å². The summed E-state index contributed by atoms with van der Waals surface area (Å²) in [6.45, 7) is 2.33. The van der Waals surface area contributed by atoms with Gasteiger partial charge in [-0.25, -0.2) is 0 Å². The van der Waals surface area contributed by atoms with Crippen molar-refractivity contribution in [2.45, 2.75) is 37.5 Å². The Kier molecular flexibility index (Phi) is 5.88. The lowest BCUT2D eigenvalue weighted by atomic mass is 9.80. The first-order valence-corrected chi connectivity index (χ1v) is 11.9. The lowest BCUT2D eigenvalue weighted by Crippen LogP contribution is -2.47. The summed E-state index contributed by atoms with van der Waals surface area (Å²) in [6, 6.07) is 8.16. The normalized spacial score (nSPS) is 23.3. The summed E-state index contributed by atoms with van der Waals surface area (Å²) in [5.74, 6) is 1.61. The molecule has 0 N–H and O–H groups in total. The summed E-state index contributed by atoms with van der Waals surface area (Å²) in [6.07, 6.45) is 4.65. The van der Waals surface area contributed by atoms with Crippen molar-refractivity contribution < 1.29 is 14.2 Å². The Hall–Kier alpha value is -2.13. The maximum atomic E-state index is 6.51. The van der Waals surface area contributed by atoms with Crippen LogP contribution < -0.4 is 9.47 Å². The van der Waals surface area contributed by atoms with Gasteiger partial charge in [-0.05, 0) is 30.5 Å². The molecule has 2 aliphatic rings. The van der Waals surface area contributed by atoms with Crippen LogP contribution in [0.4, 0.5) is 0 Å². The van der Waals surface area contributed by atoms with E-state index in [0.717, 1.165) is 66.1 Å². The summed E-state index contributed by atoms with van der Waals surface area (Å²) >= 11 is 8.07. The first kappa shape index (κ1) is 21.7. The smallest absolute Gasteiger partial charge is 0.127 e. The molecule has 4 heterocycles. The van der Waals surface area contributed by atoms with Crippen LogP contribution in [0.25, 0.3) is 0 Å². The number of halogens is 1. The lowest BCUT2D eigenvalue weighted by Gasteiger charge is -2.47. The van der Waals surface area contributed by atoms with Crippen LogP contribution in [0, 0.1) is 0 Å². The Balaban J connectivity index is 1.49. The highest BCUT2D eigenvalue weighted by Gasteiger charge is 2.47. The number of fused-ring (bicyclic) bond motifs is 2. The number of methoxy groups -OCH3 is 2. The Morgan fingerprint density at radius 2 is 2.16 bits per heavy atom. The van der Waals surface area contributed by atoms with Crippen molar-refractivity contribution in [3.8, 4) is 11.5 Å². The van der Waals surface area contributed by atoms with E-state index in [4.69, 9.17) is 25.8 Å². The Morgan fingerprint density at radius 3 is 2.91 bits per heavy atom. The minimum Gasteiger partial charge on any atom is -0.497 e. The van der Waals surface area contributed by atoms with Gasteiger partial charge >= 0.3 is 0 Å². The number of rotatable bonds is 5. The zero-order chi connectivity index (χ0) is 22.3. The van der Waals surface area contributed by atoms with Crippen molar-refractivity contribution in [2.24, 2.45) is 7.05 Å². The number of hydrogen-bond acceptors (Lipinski definition) is 7. The molecule has 32 heavy (non-hydrogen) atoms. The topological polar surface area (TPSA) is 61.6 Å². The van der Waals surface area contributed by atoms with E-state index in [1.807, 2.05) is 25.4 Å². The van der Waals surface area contributed by atoms with Gasteiger partial charge in [-0.3, -0.25) is 9.58 Å². The SMILES string of the molecule is COc1ccc(CN2CCC3(CC2c2cn(C)nn2)OCCc2cc(Cl)sc23)c(OC)c1. The van der Waals surface area contributed by atoms with E-state index in [1.165, 1.54) is 10.4 Å². The van der Waals surface area contributed by atoms with Gasteiger partial charge in [0, 0.05) is 49.3 Å². The van der Waals surface area contributed by atoms with Crippen molar-refractivity contribution in [3.63, 3.8) is 0 Å². The number of likely N-dealkylation sites (tertiary alicyclic amines) is 1. The van der Waals surface area contributed by atoms with Gasteiger partial charge in [0.05, 0.1) is 36.9 Å². The highest BCUT2D eigenvalue weighted by molar-refractivity contribution is 7.16. The fourth-order valence-corrected chi connectivity index (χ4v) is 6.43. The second-order valence-corrected chi connectivity index (χ2v) is 10.1. The molecule has 3 aromatic rings. The first-order chi connectivity index (χ1) is 15.5. The van der Waals surface area contributed by atoms with Crippen LogP contribution in [0.15, 0.2) is 30.5 Å². The van der Waals surface area contributed by atoms with E-state index in [2.05, 4.69) is 27.3 Å². The second-order valence-electron chi connectivity index (χ2n) is 8.43. The molecule has 1 fully saturated rings. The summed E-state index contributed by atoms with van der Waals surface area (Å²) in [5.41, 5.74) is 3.07. The number of ether oxygens (including phenoxy) is 3. The predicted octanol–water partition coefficient (Wildman–Crippen LogP) is 4.35. The largest absolute Gasteiger partial charge is 0.497 e. The fourth-order valence-electron chi connectivity index (χ4n) is 4.95. The minimum absolute atomic E-state index is 0.0658. The molecule has 170 valence electrons. The van der Waals surface area contributed by atoms with Crippen LogP contribution >= 0.6 is 22.9 Å². The van der Waals surface area contributed by atoms with Gasteiger partial charge in [-0.2, -0.15) is 0 Å². The van der Waals surface area contributed by atoms with Crippen molar-refractivity contribution in [3.05, 3.63) is 56.5 Å². The number of hydrogen-bond donors (Lipinski definition) is 0. The molecule has 9 heteroatoms. The molecule has 0 bridgehead atoms. The van der Waals surface area contributed by atoms with Gasteiger partial charge in [-0.15, -0.1) is 16.4 Å². The van der Waals surface area contributed by atoms with Gasteiger partial charge < -0.3 is 14.2 Å². The predicted molar refractivity (Wildman–Crippen MR) is 124 cm³/mol. The molecule has 2 atom stereocenters. The van der Waals surface area contributed by atoms with Crippen molar-refractivity contribution >= 4 is 22.9 Å². The van der Waals surface area contributed by atoms with E-state index in [0.29, 0.717) is 0 Å². The number of aryl methyl sites for hydroxylation is 1. The van der Waals surface area contributed by atoms with Crippen LogP contribution in [0.2, 0.25) is 4.34 Å². The lowest BCUT2D eigenvalue weighted by molar-refractivity contribution is -0.114. The van der Waals surface area contributed by atoms with E-state index >= 15 is 0 Å². The molecule has 0 amide bonds. The molecule has 2 aromatic heterocycles. The molecule has 0 saturated carbocycles. The molecule has 1 aromatic carbocycles. The zero-order valence-corrected chi connectivity index (χ0v) is 20.1. The number of aromatic nitrogens is 3. The fraction of sp³-hybridized carbons (Fsp3) is 0.478. The Labute approximate surface area is 196 Å². The van der Waals surface area contributed by atoms with Gasteiger partial charge in [0.1, 0.15) is 17.1 Å². The van der Waals surface area contributed by atoms with Crippen LogP contribution in [0.5, 0.6) is 11.5 Å². The first-order valence-electron chi connectivity index (χ1n) is 10.7. The van der Waals surface area contributed by atoms with E-state index in [-0.39, 0.29) is 11.6 Å². The third kappa shape index (κ3) is 3.90. The molecule has 0 aliphatic carbocycles. The minimum atomic E-state index is -0.325. The molecule has 1 saturated heterocycles. The highest BCUT2D eigenvalue weighted by atomic mass is 35.5. The van der Waals surface area contributed by atoms with Crippen LogP contribution in [0.3, 0.4) is 0 Å². The van der Waals surface area contributed by atoms with Crippen LogP contribution in [0.1, 0.15) is 40.6 Å². The van der Waals surface area contributed by atoms with Gasteiger partial charge in [0.15, 0.2) is 0 Å². The summed E-state index contributed by atoms with van der Waals surface area (Å²) in [5, 5.41) is 8.69. The summed E-state index contributed by atoms with van der Waals surface area (Å²) in [7, 11) is 5.26. The Bertz CT molecular complexity index is 1120. The van der Waals surface area contributed by atoms with Gasteiger partial charge in [0.25, 0.3) is 0 Å². The quantitative estimate of drug-likeness (QED) is 0.547. The molecule has 5 rings (SSSR count).